The molecule has 0 amide bonds. The summed E-state index contributed by atoms with van der Waals surface area (Å²) in [6.07, 6.45) is -3.07. The molecule has 0 atom stereocenters. The topological polar surface area (TPSA) is 73.4 Å². The van der Waals surface area contributed by atoms with Crippen LogP contribution in [0.15, 0.2) is 54.6 Å². The lowest BCUT2D eigenvalue weighted by Gasteiger charge is -2.38. The van der Waals surface area contributed by atoms with E-state index in [0.29, 0.717) is 43.1 Å². The van der Waals surface area contributed by atoms with Crippen molar-refractivity contribution in [1.82, 2.24) is 4.90 Å². The summed E-state index contributed by atoms with van der Waals surface area (Å²) in [6, 6.07) is 13.2. The zero-order valence-corrected chi connectivity index (χ0v) is 15.3. The average molecular weight is 402 g/mol. The van der Waals surface area contributed by atoms with Crippen LogP contribution in [0.25, 0.3) is 5.70 Å². The van der Waals surface area contributed by atoms with Crippen molar-refractivity contribution in [3.63, 3.8) is 0 Å². The summed E-state index contributed by atoms with van der Waals surface area (Å²) in [7, 11) is 0. The van der Waals surface area contributed by atoms with Crippen LogP contribution in [0.2, 0.25) is 0 Å². The molecule has 0 aliphatic carbocycles. The van der Waals surface area contributed by atoms with Gasteiger partial charge in [-0.25, -0.2) is 0 Å². The molecular formula is C20H17F3N4O2. The first-order valence-electron chi connectivity index (χ1n) is 8.81. The molecule has 0 unspecified atom stereocenters. The van der Waals surface area contributed by atoms with E-state index in [0.717, 1.165) is 12.1 Å². The molecule has 0 spiro atoms. The summed E-state index contributed by atoms with van der Waals surface area (Å²) in [5.41, 5.74) is 0.821. The number of allylic oxidation sites excluding steroid dienone is 1. The maximum atomic E-state index is 13.0. The molecule has 0 saturated carbocycles. The first-order valence-corrected chi connectivity index (χ1v) is 8.81. The van der Waals surface area contributed by atoms with Crippen molar-refractivity contribution in [2.45, 2.75) is 6.18 Å². The predicted octanol–water partition coefficient (Wildman–Crippen LogP) is 4.30. The molecule has 6 nitrogen and oxygen atoms in total. The van der Waals surface area contributed by atoms with Gasteiger partial charge in [0.1, 0.15) is 0 Å². The van der Waals surface area contributed by atoms with E-state index in [9.17, 15) is 23.3 Å². The van der Waals surface area contributed by atoms with Crippen molar-refractivity contribution >= 4 is 17.1 Å². The molecule has 150 valence electrons. The zero-order valence-electron chi connectivity index (χ0n) is 15.3. The number of nitro groups is 1. The normalized spacial score (nSPS) is 15.2. The van der Waals surface area contributed by atoms with Crippen molar-refractivity contribution in [2.24, 2.45) is 0 Å². The number of rotatable bonds is 4. The average Bonchev–Trinajstić information content (AvgIpc) is 2.72. The number of hydrogen-bond donors (Lipinski definition) is 0. The van der Waals surface area contributed by atoms with Gasteiger partial charge in [0.2, 0.25) is 0 Å². The minimum atomic E-state index is -4.40. The van der Waals surface area contributed by atoms with Crippen LogP contribution < -0.4 is 4.90 Å². The van der Waals surface area contributed by atoms with E-state index in [2.05, 4.69) is 0 Å². The van der Waals surface area contributed by atoms with Crippen LogP contribution in [0, 0.1) is 21.4 Å². The maximum Gasteiger partial charge on any atom is 0.416 e. The lowest BCUT2D eigenvalue weighted by atomic mass is 10.1. The van der Waals surface area contributed by atoms with Crippen molar-refractivity contribution < 1.29 is 18.1 Å². The van der Waals surface area contributed by atoms with Crippen LogP contribution in [0.5, 0.6) is 0 Å². The van der Waals surface area contributed by atoms with E-state index >= 15 is 0 Å². The molecule has 2 aromatic rings. The summed E-state index contributed by atoms with van der Waals surface area (Å²) in [4.78, 5) is 14.3. The van der Waals surface area contributed by atoms with E-state index < -0.39 is 16.7 Å². The van der Waals surface area contributed by atoms with E-state index in [1.807, 2.05) is 15.9 Å². The van der Waals surface area contributed by atoms with Gasteiger partial charge in [0.05, 0.1) is 22.3 Å². The van der Waals surface area contributed by atoms with Gasteiger partial charge in [-0.1, -0.05) is 18.2 Å². The monoisotopic (exact) mass is 402 g/mol. The number of anilines is 1. The number of halogens is 3. The van der Waals surface area contributed by atoms with Gasteiger partial charge in [0.25, 0.3) is 5.69 Å². The fraction of sp³-hybridized carbons (Fsp3) is 0.250. The van der Waals surface area contributed by atoms with Crippen LogP contribution in [-0.4, -0.2) is 36.0 Å². The summed E-state index contributed by atoms with van der Waals surface area (Å²) in [6.45, 7) is 1.84. The molecule has 1 saturated heterocycles. The van der Waals surface area contributed by atoms with Gasteiger partial charge in [0, 0.05) is 55.6 Å². The molecule has 1 fully saturated rings. The van der Waals surface area contributed by atoms with Crippen LogP contribution in [0.4, 0.5) is 24.5 Å². The molecule has 3 rings (SSSR count). The lowest BCUT2D eigenvalue weighted by Crippen LogP contribution is -2.45. The van der Waals surface area contributed by atoms with Crippen LogP contribution in [-0.2, 0) is 6.18 Å². The predicted molar refractivity (Wildman–Crippen MR) is 102 cm³/mol. The Bertz CT molecular complexity index is 974. The number of benzene rings is 2. The van der Waals surface area contributed by atoms with Crippen LogP contribution in [0.3, 0.4) is 0 Å². The second-order valence-electron chi connectivity index (χ2n) is 6.49. The molecule has 9 heteroatoms. The SMILES string of the molecule is N#C/C=C(\c1cccc([N+](=O)[O-])c1)N1CCN(c2cccc(C(F)(F)F)c2)CC1. The number of piperazine rings is 1. The zero-order chi connectivity index (χ0) is 21.0. The van der Waals surface area contributed by atoms with E-state index in [-0.39, 0.29) is 5.69 Å². The minimum Gasteiger partial charge on any atom is -0.368 e. The van der Waals surface area contributed by atoms with Crippen molar-refractivity contribution in [3.8, 4) is 6.07 Å². The van der Waals surface area contributed by atoms with Crippen LogP contribution >= 0.6 is 0 Å². The van der Waals surface area contributed by atoms with E-state index in [4.69, 9.17) is 5.26 Å². The third-order valence-electron chi connectivity index (χ3n) is 4.71. The number of nitriles is 1. The van der Waals surface area contributed by atoms with Gasteiger partial charge in [-0.15, -0.1) is 0 Å². The number of nitro benzene ring substituents is 1. The van der Waals surface area contributed by atoms with Gasteiger partial charge in [0.15, 0.2) is 0 Å². The molecule has 0 radical (unpaired) electrons. The standard InChI is InChI=1S/C20H17F3N4O2/c21-20(22,23)16-4-2-5-17(14-16)25-9-11-26(12-10-25)19(7-8-24)15-3-1-6-18(13-15)27(28)29/h1-7,13-14H,9-12H2/b19-7+. The third-order valence-corrected chi connectivity index (χ3v) is 4.71. The highest BCUT2D eigenvalue weighted by atomic mass is 19.4. The molecule has 1 aliphatic heterocycles. The first kappa shape index (κ1) is 20.2. The summed E-state index contributed by atoms with van der Waals surface area (Å²) < 4.78 is 38.9. The number of nitrogens with zero attached hydrogens (tertiary/aromatic N) is 4. The van der Waals surface area contributed by atoms with Gasteiger partial charge in [-0.2, -0.15) is 18.4 Å². The molecule has 29 heavy (non-hydrogen) atoms. The second kappa shape index (κ2) is 8.22. The molecule has 2 aromatic carbocycles. The van der Waals surface area contributed by atoms with Crippen molar-refractivity contribution in [2.75, 3.05) is 31.1 Å². The molecule has 1 aliphatic rings. The largest absolute Gasteiger partial charge is 0.416 e. The van der Waals surface area contributed by atoms with Gasteiger partial charge >= 0.3 is 6.18 Å². The van der Waals surface area contributed by atoms with E-state index in [1.165, 1.54) is 24.3 Å². The van der Waals surface area contributed by atoms with E-state index in [1.54, 1.807) is 18.2 Å². The Balaban J connectivity index is 1.77. The Morgan fingerprint density at radius 2 is 1.79 bits per heavy atom. The fourth-order valence-corrected chi connectivity index (χ4v) is 3.28. The summed E-state index contributed by atoms with van der Waals surface area (Å²) in [5, 5.41) is 20.2. The highest BCUT2D eigenvalue weighted by Gasteiger charge is 2.31. The smallest absolute Gasteiger partial charge is 0.368 e. The van der Waals surface area contributed by atoms with Crippen molar-refractivity contribution in [1.29, 1.82) is 5.26 Å². The molecular weight excluding hydrogens is 385 g/mol. The van der Waals surface area contributed by atoms with Crippen LogP contribution in [0.1, 0.15) is 11.1 Å². The second-order valence-corrected chi connectivity index (χ2v) is 6.49. The lowest BCUT2D eigenvalue weighted by molar-refractivity contribution is -0.384. The van der Waals surface area contributed by atoms with Gasteiger partial charge in [-0.05, 0) is 18.2 Å². The Hall–Kier alpha value is -3.54. The Morgan fingerprint density at radius 1 is 1.10 bits per heavy atom. The molecule has 1 heterocycles. The quantitative estimate of drug-likeness (QED) is 0.433. The van der Waals surface area contributed by atoms with Gasteiger partial charge in [-0.3, -0.25) is 10.1 Å². The van der Waals surface area contributed by atoms with Crippen molar-refractivity contribution in [3.05, 3.63) is 75.8 Å². The summed E-state index contributed by atoms with van der Waals surface area (Å²) >= 11 is 0. The highest BCUT2D eigenvalue weighted by molar-refractivity contribution is 5.68. The number of alkyl halides is 3. The number of non-ortho nitro benzene ring substituents is 1. The summed E-state index contributed by atoms with van der Waals surface area (Å²) in [5.74, 6) is 0. The molecule has 0 N–H and O–H groups in total. The highest BCUT2D eigenvalue weighted by Crippen LogP contribution is 2.32. The fourth-order valence-electron chi connectivity index (χ4n) is 3.28. The number of hydrogen-bond acceptors (Lipinski definition) is 5. The molecule has 0 aromatic heterocycles. The Morgan fingerprint density at radius 3 is 2.41 bits per heavy atom. The Kier molecular flexibility index (Phi) is 5.73. The van der Waals surface area contributed by atoms with Gasteiger partial charge < -0.3 is 9.80 Å². The minimum absolute atomic E-state index is 0.0751. The Labute approximate surface area is 165 Å². The third kappa shape index (κ3) is 4.66. The molecule has 0 bridgehead atoms. The maximum absolute atomic E-state index is 13.0. The first-order chi connectivity index (χ1) is 13.8.